The summed E-state index contributed by atoms with van der Waals surface area (Å²) in [4.78, 5) is 0. The van der Waals surface area contributed by atoms with Crippen molar-refractivity contribution in [1.82, 2.24) is 9.78 Å². The molecule has 4 heteroatoms. The van der Waals surface area contributed by atoms with Crippen molar-refractivity contribution in [1.29, 1.82) is 0 Å². The van der Waals surface area contributed by atoms with Gasteiger partial charge in [0.25, 0.3) is 0 Å². The first-order valence-electron chi connectivity index (χ1n) is 5.62. The monoisotopic (exact) mass is 249 g/mol. The second kappa shape index (κ2) is 4.90. The number of halogens is 1. The normalized spacial score (nSPS) is 12.7. The molecule has 0 aliphatic heterocycles. The summed E-state index contributed by atoms with van der Waals surface area (Å²) in [5, 5.41) is 4.95. The minimum Gasteiger partial charge on any atom is -0.328 e. The molecule has 2 aromatic rings. The Balaban J connectivity index is 2.31. The van der Waals surface area contributed by atoms with E-state index < -0.39 is 0 Å². The number of hydrogen-bond acceptors (Lipinski definition) is 2. The van der Waals surface area contributed by atoms with Gasteiger partial charge >= 0.3 is 0 Å². The molecule has 1 unspecified atom stereocenters. The van der Waals surface area contributed by atoms with E-state index in [1.807, 2.05) is 44.4 Å². The first-order valence-corrected chi connectivity index (χ1v) is 5.99. The molecule has 3 nitrogen and oxygen atoms in total. The van der Waals surface area contributed by atoms with Gasteiger partial charge in [-0.15, -0.1) is 0 Å². The Morgan fingerprint density at radius 3 is 2.76 bits per heavy atom. The number of benzene rings is 1. The van der Waals surface area contributed by atoms with E-state index in [0.29, 0.717) is 5.02 Å². The van der Waals surface area contributed by atoms with Crippen LogP contribution in [0.4, 0.5) is 0 Å². The molecule has 0 amide bonds. The fraction of sp³-hybridized carbons (Fsp3) is 0.308. The van der Waals surface area contributed by atoms with Gasteiger partial charge in [0.2, 0.25) is 0 Å². The summed E-state index contributed by atoms with van der Waals surface area (Å²) in [6.07, 6.45) is 4.59. The van der Waals surface area contributed by atoms with E-state index in [0.717, 1.165) is 23.2 Å². The fourth-order valence-corrected chi connectivity index (χ4v) is 2.07. The Bertz CT molecular complexity index is 517. The van der Waals surface area contributed by atoms with Crippen LogP contribution in [0.1, 0.15) is 18.1 Å². The number of aromatic nitrogens is 2. The fourth-order valence-electron chi connectivity index (χ4n) is 1.78. The van der Waals surface area contributed by atoms with Crippen LogP contribution in [-0.2, 0) is 6.42 Å². The van der Waals surface area contributed by atoms with Gasteiger partial charge in [-0.2, -0.15) is 5.10 Å². The third-order valence-corrected chi connectivity index (χ3v) is 2.83. The van der Waals surface area contributed by atoms with E-state index in [1.165, 1.54) is 0 Å². The average molecular weight is 250 g/mol. The van der Waals surface area contributed by atoms with E-state index in [-0.39, 0.29) is 6.04 Å². The number of nitrogens with two attached hydrogens (primary N) is 1. The second-order valence-electron chi connectivity index (χ2n) is 4.43. The highest BCUT2D eigenvalue weighted by Crippen LogP contribution is 2.22. The molecule has 1 heterocycles. The molecule has 0 aliphatic carbocycles. The maximum atomic E-state index is 6.25. The van der Waals surface area contributed by atoms with Gasteiger partial charge in [0.1, 0.15) is 0 Å². The number of nitrogens with zero attached hydrogens (tertiary/aromatic N) is 2. The molecule has 1 aromatic heterocycles. The van der Waals surface area contributed by atoms with E-state index in [2.05, 4.69) is 5.10 Å². The first kappa shape index (κ1) is 12.1. The molecular formula is C13H16ClN3. The van der Waals surface area contributed by atoms with E-state index in [4.69, 9.17) is 17.3 Å². The molecule has 17 heavy (non-hydrogen) atoms. The number of aryl methyl sites for hydroxylation is 1. The minimum absolute atomic E-state index is 0.142. The summed E-state index contributed by atoms with van der Waals surface area (Å²) in [7, 11) is 0. The lowest BCUT2D eigenvalue weighted by molar-refractivity contribution is 0.737. The number of hydrogen-bond donors (Lipinski definition) is 1. The molecule has 2 N–H and O–H groups in total. The Morgan fingerprint density at radius 1 is 1.47 bits per heavy atom. The molecule has 0 bridgehead atoms. The lowest BCUT2D eigenvalue weighted by atomic mass is 10.1. The number of rotatable bonds is 3. The largest absolute Gasteiger partial charge is 0.328 e. The Kier molecular flexibility index (Phi) is 3.50. The maximum Gasteiger partial charge on any atom is 0.0832 e. The van der Waals surface area contributed by atoms with Gasteiger partial charge in [-0.25, -0.2) is 4.68 Å². The van der Waals surface area contributed by atoms with Crippen molar-refractivity contribution in [2.75, 3.05) is 0 Å². The highest BCUT2D eigenvalue weighted by molar-refractivity contribution is 6.32. The van der Waals surface area contributed by atoms with Gasteiger partial charge in [0.05, 0.1) is 16.9 Å². The molecular weight excluding hydrogens is 234 g/mol. The van der Waals surface area contributed by atoms with Gasteiger partial charge in [-0.05, 0) is 43.5 Å². The topological polar surface area (TPSA) is 43.8 Å². The van der Waals surface area contributed by atoms with Crippen LogP contribution in [0, 0.1) is 6.92 Å². The van der Waals surface area contributed by atoms with Crippen LogP contribution < -0.4 is 5.73 Å². The van der Waals surface area contributed by atoms with E-state index >= 15 is 0 Å². The van der Waals surface area contributed by atoms with Crippen LogP contribution in [-0.4, -0.2) is 15.8 Å². The molecule has 2 rings (SSSR count). The summed E-state index contributed by atoms with van der Waals surface area (Å²) >= 11 is 6.25. The SMILES string of the molecule is Cc1cnn(-c2ccc(CC(C)N)cc2Cl)c1. The summed E-state index contributed by atoms with van der Waals surface area (Å²) in [5.41, 5.74) is 8.93. The van der Waals surface area contributed by atoms with Crippen molar-refractivity contribution in [2.45, 2.75) is 26.3 Å². The van der Waals surface area contributed by atoms with Crippen molar-refractivity contribution in [3.8, 4) is 5.69 Å². The summed E-state index contributed by atoms with van der Waals surface area (Å²) in [6.45, 7) is 3.99. The van der Waals surface area contributed by atoms with Gasteiger partial charge in [-0.1, -0.05) is 17.7 Å². The maximum absolute atomic E-state index is 6.25. The van der Waals surface area contributed by atoms with Crippen LogP contribution in [0.25, 0.3) is 5.69 Å². The molecule has 1 aromatic carbocycles. The van der Waals surface area contributed by atoms with E-state index in [9.17, 15) is 0 Å². The zero-order chi connectivity index (χ0) is 12.4. The molecule has 0 saturated carbocycles. The molecule has 0 spiro atoms. The highest BCUT2D eigenvalue weighted by atomic mass is 35.5. The van der Waals surface area contributed by atoms with E-state index in [1.54, 1.807) is 4.68 Å². The second-order valence-corrected chi connectivity index (χ2v) is 4.84. The van der Waals surface area contributed by atoms with Gasteiger partial charge < -0.3 is 5.73 Å². The molecule has 0 saturated heterocycles. The third-order valence-electron chi connectivity index (χ3n) is 2.53. The van der Waals surface area contributed by atoms with Crippen molar-refractivity contribution in [3.63, 3.8) is 0 Å². The van der Waals surface area contributed by atoms with Crippen molar-refractivity contribution >= 4 is 11.6 Å². The predicted octanol–water partition coefficient (Wildman–Crippen LogP) is 2.72. The standard InChI is InChI=1S/C13H16ClN3/c1-9-7-16-17(8-9)13-4-3-11(5-10(2)15)6-12(13)14/h3-4,6-8,10H,5,15H2,1-2H3. The van der Waals surface area contributed by atoms with Crippen LogP contribution in [0.15, 0.2) is 30.6 Å². The van der Waals surface area contributed by atoms with Gasteiger partial charge in [-0.3, -0.25) is 0 Å². The van der Waals surface area contributed by atoms with Crippen molar-refractivity contribution in [2.24, 2.45) is 5.73 Å². The molecule has 0 radical (unpaired) electrons. The van der Waals surface area contributed by atoms with Crippen LogP contribution in [0.5, 0.6) is 0 Å². The van der Waals surface area contributed by atoms with Crippen molar-refractivity contribution < 1.29 is 0 Å². The smallest absolute Gasteiger partial charge is 0.0832 e. The lowest BCUT2D eigenvalue weighted by Gasteiger charge is -2.09. The average Bonchev–Trinajstić information content (AvgIpc) is 2.64. The highest BCUT2D eigenvalue weighted by Gasteiger charge is 2.06. The Labute approximate surface area is 106 Å². The molecule has 1 atom stereocenters. The molecule has 90 valence electrons. The zero-order valence-corrected chi connectivity index (χ0v) is 10.8. The predicted molar refractivity (Wildman–Crippen MR) is 70.7 cm³/mol. The summed E-state index contributed by atoms with van der Waals surface area (Å²) in [5.74, 6) is 0. The van der Waals surface area contributed by atoms with Gasteiger partial charge in [0, 0.05) is 12.2 Å². The lowest BCUT2D eigenvalue weighted by Crippen LogP contribution is -2.17. The Morgan fingerprint density at radius 2 is 2.24 bits per heavy atom. The zero-order valence-electron chi connectivity index (χ0n) is 10.0. The quantitative estimate of drug-likeness (QED) is 0.909. The summed E-state index contributed by atoms with van der Waals surface area (Å²) < 4.78 is 1.79. The Hall–Kier alpha value is -1.32. The minimum atomic E-state index is 0.142. The third kappa shape index (κ3) is 2.87. The van der Waals surface area contributed by atoms with Gasteiger partial charge in [0.15, 0.2) is 0 Å². The van der Waals surface area contributed by atoms with Crippen LogP contribution in [0.2, 0.25) is 5.02 Å². The molecule has 0 aliphatic rings. The van der Waals surface area contributed by atoms with Crippen LogP contribution in [0.3, 0.4) is 0 Å². The first-order chi connectivity index (χ1) is 8.06. The molecule has 0 fully saturated rings. The summed E-state index contributed by atoms with van der Waals surface area (Å²) in [6, 6.07) is 6.12. The van der Waals surface area contributed by atoms with Crippen LogP contribution >= 0.6 is 11.6 Å². The van der Waals surface area contributed by atoms with Crippen molar-refractivity contribution in [3.05, 3.63) is 46.7 Å².